The number of anilines is 2. The fourth-order valence-corrected chi connectivity index (χ4v) is 4.66. The Labute approximate surface area is 201 Å². The second-order valence-corrected chi connectivity index (χ2v) is 8.49. The Kier molecular flexibility index (Phi) is 6.07. The average Bonchev–Trinajstić information content (AvgIpc) is 3.26. The molecule has 0 radical (unpaired) electrons. The number of hydrogen-bond donors (Lipinski definition) is 0. The van der Waals surface area contributed by atoms with Crippen LogP contribution >= 0.6 is 0 Å². The lowest BCUT2D eigenvalue weighted by Gasteiger charge is -2.29. The Balaban J connectivity index is 1.52. The Morgan fingerprint density at radius 2 is 1.69 bits per heavy atom. The first-order chi connectivity index (χ1) is 17.0. The molecule has 35 heavy (non-hydrogen) atoms. The van der Waals surface area contributed by atoms with Crippen molar-refractivity contribution in [1.82, 2.24) is 9.78 Å². The maximum absolute atomic E-state index is 14.7. The monoisotopic (exact) mass is 476 g/mol. The van der Waals surface area contributed by atoms with Gasteiger partial charge in [0.25, 0.3) is 5.91 Å². The van der Waals surface area contributed by atoms with E-state index in [0.717, 1.165) is 18.5 Å². The smallest absolute Gasteiger partial charge is 0.359 e. The minimum Gasteiger partial charge on any atom is -0.461 e. The zero-order chi connectivity index (χ0) is 24.5. The molecule has 0 spiro atoms. The van der Waals surface area contributed by atoms with Crippen LogP contribution in [0.1, 0.15) is 52.7 Å². The van der Waals surface area contributed by atoms with Gasteiger partial charge in [-0.1, -0.05) is 12.1 Å². The molecule has 0 aliphatic carbocycles. The molecule has 5 rings (SSSR count). The van der Waals surface area contributed by atoms with Gasteiger partial charge in [-0.3, -0.25) is 9.59 Å². The minimum absolute atomic E-state index is 0.0251. The second kappa shape index (κ2) is 9.32. The first-order valence-corrected chi connectivity index (χ1v) is 11.8. The maximum Gasteiger partial charge on any atom is 0.359 e. The van der Waals surface area contributed by atoms with Crippen LogP contribution in [-0.4, -0.2) is 47.3 Å². The summed E-state index contributed by atoms with van der Waals surface area (Å²) in [4.78, 5) is 41.9. The first-order valence-electron chi connectivity index (χ1n) is 11.8. The van der Waals surface area contributed by atoms with E-state index in [4.69, 9.17) is 4.74 Å². The normalized spacial score (nSPS) is 15.8. The van der Waals surface area contributed by atoms with E-state index in [1.165, 1.54) is 16.8 Å². The van der Waals surface area contributed by atoms with Crippen molar-refractivity contribution in [2.45, 2.75) is 32.6 Å². The van der Waals surface area contributed by atoms with Crippen molar-refractivity contribution < 1.29 is 23.5 Å². The molecule has 1 saturated heterocycles. The van der Waals surface area contributed by atoms with Gasteiger partial charge in [-0.25, -0.2) is 13.9 Å². The minimum atomic E-state index is -0.643. The van der Waals surface area contributed by atoms with Crippen LogP contribution in [0.5, 0.6) is 0 Å². The fourth-order valence-electron chi connectivity index (χ4n) is 4.66. The largest absolute Gasteiger partial charge is 0.461 e. The van der Waals surface area contributed by atoms with Crippen LogP contribution in [0.25, 0.3) is 5.69 Å². The molecule has 9 heteroatoms. The molecule has 2 aliphatic rings. The second-order valence-electron chi connectivity index (χ2n) is 8.49. The van der Waals surface area contributed by atoms with Gasteiger partial charge in [-0.2, -0.15) is 5.10 Å². The molecule has 0 saturated carbocycles. The number of fused-ring (bicyclic) bond motifs is 1. The number of hydrogen-bond acceptors (Lipinski definition) is 5. The molecule has 180 valence electrons. The lowest BCUT2D eigenvalue weighted by molar-refractivity contribution is -0.119. The Bertz CT molecular complexity index is 1300. The van der Waals surface area contributed by atoms with Gasteiger partial charge in [0.05, 0.1) is 6.61 Å². The molecule has 8 nitrogen and oxygen atoms in total. The number of carbonyl (C=O) groups excluding carboxylic acids is 3. The van der Waals surface area contributed by atoms with Crippen molar-refractivity contribution in [3.8, 4) is 5.69 Å². The average molecular weight is 477 g/mol. The zero-order valence-electron chi connectivity index (χ0n) is 19.4. The number of carbonyl (C=O) groups is 3. The van der Waals surface area contributed by atoms with Crippen LogP contribution in [0, 0.1) is 5.82 Å². The van der Waals surface area contributed by atoms with Crippen molar-refractivity contribution >= 4 is 29.2 Å². The highest BCUT2D eigenvalue weighted by atomic mass is 19.1. The molecule has 0 N–H and O–H groups in total. The van der Waals surface area contributed by atoms with Crippen molar-refractivity contribution in [1.29, 1.82) is 0 Å². The highest BCUT2D eigenvalue weighted by molar-refractivity contribution is 6.09. The molecule has 0 unspecified atom stereocenters. The van der Waals surface area contributed by atoms with E-state index < -0.39 is 11.8 Å². The number of ether oxygens (including phenoxy) is 1. The highest BCUT2D eigenvalue weighted by Gasteiger charge is 2.36. The van der Waals surface area contributed by atoms with E-state index in [-0.39, 0.29) is 35.5 Å². The summed E-state index contributed by atoms with van der Waals surface area (Å²) in [6.45, 7) is 2.85. The summed E-state index contributed by atoms with van der Waals surface area (Å²) in [7, 11) is 0. The van der Waals surface area contributed by atoms with Gasteiger partial charge in [0.1, 0.15) is 17.2 Å². The van der Waals surface area contributed by atoms with E-state index in [1.807, 2.05) is 12.1 Å². The van der Waals surface area contributed by atoms with Gasteiger partial charge < -0.3 is 14.5 Å². The number of halogens is 1. The Hall–Kier alpha value is -4.01. The zero-order valence-corrected chi connectivity index (χ0v) is 19.4. The summed E-state index contributed by atoms with van der Waals surface area (Å²) >= 11 is 0. The van der Waals surface area contributed by atoms with E-state index in [0.29, 0.717) is 37.2 Å². The molecule has 0 bridgehead atoms. The van der Waals surface area contributed by atoms with Gasteiger partial charge in [0.2, 0.25) is 5.91 Å². The molecule has 1 aromatic heterocycles. The summed E-state index contributed by atoms with van der Waals surface area (Å²) in [6, 6.07) is 13.2. The molecule has 2 aromatic carbocycles. The number of rotatable bonds is 5. The first kappa shape index (κ1) is 22.8. The van der Waals surface area contributed by atoms with Crippen molar-refractivity contribution in [3.63, 3.8) is 0 Å². The SMILES string of the molecule is CCOC(=O)c1nn(-c2ccccc2F)c2c1CCN(c1ccc(N3CCCCC3=O)cc1)C2=O. The van der Waals surface area contributed by atoms with Crippen LogP contribution in [0.15, 0.2) is 48.5 Å². The van der Waals surface area contributed by atoms with E-state index >= 15 is 0 Å². The van der Waals surface area contributed by atoms with Crippen LogP contribution < -0.4 is 9.80 Å². The fraction of sp³-hybridized carbons (Fsp3) is 0.308. The third-order valence-electron chi connectivity index (χ3n) is 6.36. The summed E-state index contributed by atoms with van der Waals surface area (Å²) in [6.07, 6.45) is 2.76. The summed E-state index contributed by atoms with van der Waals surface area (Å²) in [5.74, 6) is -1.49. The standard InChI is InChI=1S/C26H25FN4O4/c1-2-35-26(34)23-19-14-16-30(18-12-10-17(11-13-18)29-15-6-5-9-22(29)32)25(33)24(19)31(28-23)21-8-4-3-7-20(21)27/h3-4,7-8,10-13H,2,5-6,9,14-16H2,1H3. The van der Waals surface area contributed by atoms with Crippen molar-refractivity contribution in [2.75, 3.05) is 29.5 Å². The van der Waals surface area contributed by atoms with Crippen molar-refractivity contribution in [2.24, 2.45) is 0 Å². The summed E-state index contributed by atoms with van der Waals surface area (Å²) < 4.78 is 21.0. The van der Waals surface area contributed by atoms with Crippen LogP contribution in [0.2, 0.25) is 0 Å². The van der Waals surface area contributed by atoms with Gasteiger partial charge in [-0.15, -0.1) is 0 Å². The van der Waals surface area contributed by atoms with Crippen LogP contribution in [0.4, 0.5) is 15.8 Å². The lowest BCUT2D eigenvalue weighted by atomic mass is 10.0. The molecular formula is C26H25FN4O4. The third kappa shape index (κ3) is 4.07. The molecule has 2 amide bonds. The van der Waals surface area contributed by atoms with Crippen LogP contribution in [-0.2, 0) is 16.0 Å². The van der Waals surface area contributed by atoms with Gasteiger partial charge in [0, 0.05) is 36.4 Å². The van der Waals surface area contributed by atoms with Gasteiger partial charge in [0.15, 0.2) is 5.69 Å². The molecule has 3 heterocycles. The number of amides is 2. The number of esters is 1. The maximum atomic E-state index is 14.7. The predicted molar refractivity (Wildman–Crippen MR) is 128 cm³/mol. The van der Waals surface area contributed by atoms with E-state index in [1.54, 1.807) is 41.0 Å². The Morgan fingerprint density at radius 3 is 2.37 bits per heavy atom. The molecule has 1 fully saturated rings. The van der Waals surface area contributed by atoms with Gasteiger partial charge >= 0.3 is 5.97 Å². The third-order valence-corrected chi connectivity index (χ3v) is 6.36. The predicted octanol–water partition coefficient (Wildman–Crippen LogP) is 3.91. The van der Waals surface area contributed by atoms with E-state index in [9.17, 15) is 18.8 Å². The van der Waals surface area contributed by atoms with E-state index in [2.05, 4.69) is 5.10 Å². The summed E-state index contributed by atoms with van der Waals surface area (Å²) in [5, 5.41) is 4.31. The topological polar surface area (TPSA) is 84.7 Å². The summed E-state index contributed by atoms with van der Waals surface area (Å²) in [5.41, 5.74) is 2.13. The Morgan fingerprint density at radius 1 is 0.971 bits per heavy atom. The molecule has 3 aromatic rings. The van der Waals surface area contributed by atoms with Crippen LogP contribution in [0.3, 0.4) is 0 Å². The molecular weight excluding hydrogens is 451 g/mol. The highest BCUT2D eigenvalue weighted by Crippen LogP contribution is 2.31. The molecule has 2 aliphatic heterocycles. The number of para-hydroxylation sites is 1. The number of aromatic nitrogens is 2. The van der Waals surface area contributed by atoms with Gasteiger partial charge in [-0.05, 0) is 62.6 Å². The quantitative estimate of drug-likeness (QED) is 0.522. The lowest BCUT2D eigenvalue weighted by Crippen LogP contribution is -2.39. The van der Waals surface area contributed by atoms with Crippen molar-refractivity contribution in [3.05, 3.63) is 71.3 Å². The number of nitrogens with zero attached hydrogens (tertiary/aromatic N) is 4. The number of piperidine rings is 1. The molecule has 0 atom stereocenters. The number of benzene rings is 2.